The van der Waals surface area contributed by atoms with Gasteiger partial charge in [-0.25, -0.2) is 0 Å². The smallest absolute Gasteiger partial charge is 0.134 e. The molecule has 0 unspecified atom stereocenters. The van der Waals surface area contributed by atoms with E-state index in [0.29, 0.717) is 0 Å². The first kappa shape index (κ1) is 12.9. The molecule has 0 radical (unpaired) electrons. The second-order valence-corrected chi connectivity index (χ2v) is 4.99. The highest BCUT2D eigenvalue weighted by molar-refractivity contribution is 5.80. The molecular formula is C16H19N3O. The van der Waals surface area contributed by atoms with Gasteiger partial charge in [0, 0.05) is 42.8 Å². The van der Waals surface area contributed by atoms with Crippen LogP contribution in [0, 0.1) is 0 Å². The fourth-order valence-electron chi connectivity index (χ4n) is 2.53. The number of rotatable bonds is 5. The molecule has 4 nitrogen and oxygen atoms in total. The molecule has 0 saturated carbocycles. The first-order valence-corrected chi connectivity index (χ1v) is 6.95. The molecule has 0 fully saturated rings. The number of benzene rings is 1. The Balaban J connectivity index is 1.68. The molecule has 2 aromatic heterocycles. The van der Waals surface area contributed by atoms with Crippen molar-refractivity contribution < 1.29 is 4.42 Å². The van der Waals surface area contributed by atoms with E-state index in [1.165, 1.54) is 16.5 Å². The average Bonchev–Trinajstić information content (AvgIpc) is 3.03. The molecule has 0 bridgehead atoms. The Labute approximate surface area is 118 Å². The molecule has 20 heavy (non-hydrogen) atoms. The van der Waals surface area contributed by atoms with Gasteiger partial charge in [0.05, 0.1) is 12.0 Å². The molecule has 0 atom stereocenters. The molecule has 3 rings (SSSR count). The van der Waals surface area contributed by atoms with Crippen LogP contribution in [0.4, 0.5) is 0 Å². The zero-order valence-corrected chi connectivity index (χ0v) is 11.9. The predicted molar refractivity (Wildman–Crippen MR) is 79.3 cm³/mol. The molecule has 0 aliphatic rings. The summed E-state index contributed by atoms with van der Waals surface area (Å²) in [6.45, 7) is 3.76. The van der Waals surface area contributed by atoms with E-state index in [9.17, 15) is 0 Å². The summed E-state index contributed by atoms with van der Waals surface area (Å²) < 4.78 is 7.42. The highest BCUT2D eigenvalue weighted by atomic mass is 16.3. The van der Waals surface area contributed by atoms with Gasteiger partial charge in [-0.3, -0.25) is 4.68 Å². The fourth-order valence-corrected chi connectivity index (χ4v) is 2.53. The SMILES string of the molecule is CCc1nn(C)cc1CNCc1coc2ccccc12. The van der Waals surface area contributed by atoms with Crippen molar-refractivity contribution in [2.75, 3.05) is 0 Å². The second-order valence-electron chi connectivity index (χ2n) is 4.99. The van der Waals surface area contributed by atoms with Crippen LogP contribution < -0.4 is 5.32 Å². The summed E-state index contributed by atoms with van der Waals surface area (Å²) in [5.74, 6) is 0. The van der Waals surface area contributed by atoms with Gasteiger partial charge in [0.15, 0.2) is 0 Å². The molecule has 2 heterocycles. The highest BCUT2D eigenvalue weighted by Crippen LogP contribution is 2.20. The molecular weight excluding hydrogens is 250 g/mol. The zero-order chi connectivity index (χ0) is 13.9. The van der Waals surface area contributed by atoms with Crippen LogP contribution in [0.15, 0.2) is 41.1 Å². The first-order chi connectivity index (χ1) is 9.78. The van der Waals surface area contributed by atoms with Crippen molar-refractivity contribution in [1.29, 1.82) is 0 Å². The van der Waals surface area contributed by atoms with Crippen LogP contribution in [-0.2, 0) is 26.6 Å². The van der Waals surface area contributed by atoms with E-state index >= 15 is 0 Å². The van der Waals surface area contributed by atoms with Crippen LogP contribution in [0.1, 0.15) is 23.7 Å². The summed E-state index contributed by atoms with van der Waals surface area (Å²) in [7, 11) is 1.96. The Morgan fingerprint density at radius 3 is 2.85 bits per heavy atom. The summed E-state index contributed by atoms with van der Waals surface area (Å²) in [6.07, 6.45) is 4.88. The van der Waals surface area contributed by atoms with E-state index in [1.807, 2.05) is 36.2 Å². The monoisotopic (exact) mass is 269 g/mol. The Morgan fingerprint density at radius 1 is 1.20 bits per heavy atom. The number of nitrogens with one attached hydrogen (secondary N) is 1. The second kappa shape index (κ2) is 5.51. The lowest BCUT2D eigenvalue weighted by Gasteiger charge is -2.03. The summed E-state index contributed by atoms with van der Waals surface area (Å²) in [4.78, 5) is 0. The number of fused-ring (bicyclic) bond motifs is 1. The van der Waals surface area contributed by atoms with Gasteiger partial charge < -0.3 is 9.73 Å². The number of aryl methyl sites for hydroxylation is 2. The molecule has 0 aliphatic heterocycles. The van der Waals surface area contributed by atoms with E-state index in [4.69, 9.17) is 4.42 Å². The number of nitrogens with zero attached hydrogens (tertiary/aromatic N) is 2. The zero-order valence-electron chi connectivity index (χ0n) is 11.9. The average molecular weight is 269 g/mol. The van der Waals surface area contributed by atoms with Crippen LogP contribution in [-0.4, -0.2) is 9.78 Å². The maximum atomic E-state index is 5.54. The Morgan fingerprint density at radius 2 is 2.00 bits per heavy atom. The standard InChI is InChI=1S/C16H19N3O/c1-3-15-12(10-19(2)18-15)8-17-9-13-11-20-16-7-5-4-6-14(13)16/h4-7,10-11,17H,3,8-9H2,1-2H3. The van der Waals surface area contributed by atoms with Crippen LogP contribution in [0.5, 0.6) is 0 Å². The van der Waals surface area contributed by atoms with Crippen molar-refractivity contribution in [3.05, 3.63) is 53.5 Å². The third-order valence-corrected chi connectivity index (χ3v) is 3.52. The van der Waals surface area contributed by atoms with Crippen LogP contribution in [0.25, 0.3) is 11.0 Å². The van der Waals surface area contributed by atoms with Gasteiger partial charge in [-0.05, 0) is 12.5 Å². The number of para-hydroxylation sites is 1. The quantitative estimate of drug-likeness (QED) is 0.774. The van der Waals surface area contributed by atoms with Crippen molar-refractivity contribution in [3.8, 4) is 0 Å². The van der Waals surface area contributed by atoms with Gasteiger partial charge in [0.1, 0.15) is 5.58 Å². The Bertz CT molecular complexity index is 711. The molecule has 3 aromatic rings. The molecule has 0 amide bonds. The fraction of sp³-hybridized carbons (Fsp3) is 0.312. The third kappa shape index (κ3) is 2.47. The van der Waals surface area contributed by atoms with Gasteiger partial charge in [0.25, 0.3) is 0 Å². The minimum absolute atomic E-state index is 0.801. The molecule has 0 spiro atoms. The summed E-state index contributed by atoms with van der Waals surface area (Å²) in [5, 5.41) is 9.11. The minimum atomic E-state index is 0.801. The molecule has 4 heteroatoms. The normalized spacial score (nSPS) is 11.3. The number of hydrogen-bond donors (Lipinski definition) is 1. The Kier molecular flexibility index (Phi) is 3.56. The lowest BCUT2D eigenvalue weighted by atomic mass is 10.1. The van der Waals surface area contributed by atoms with Crippen LogP contribution in [0.3, 0.4) is 0 Å². The van der Waals surface area contributed by atoms with Gasteiger partial charge in [-0.15, -0.1) is 0 Å². The van der Waals surface area contributed by atoms with Crippen molar-refractivity contribution in [3.63, 3.8) is 0 Å². The first-order valence-electron chi connectivity index (χ1n) is 6.95. The van der Waals surface area contributed by atoms with Crippen molar-refractivity contribution in [1.82, 2.24) is 15.1 Å². The van der Waals surface area contributed by atoms with Crippen molar-refractivity contribution in [2.24, 2.45) is 7.05 Å². The van der Waals surface area contributed by atoms with E-state index in [2.05, 4.69) is 29.6 Å². The molecule has 0 aliphatic carbocycles. The predicted octanol–water partition coefficient (Wildman–Crippen LogP) is 3.02. The highest BCUT2D eigenvalue weighted by Gasteiger charge is 2.07. The van der Waals surface area contributed by atoms with E-state index < -0.39 is 0 Å². The molecule has 0 saturated heterocycles. The van der Waals surface area contributed by atoms with Crippen molar-refractivity contribution in [2.45, 2.75) is 26.4 Å². The van der Waals surface area contributed by atoms with E-state index in [-0.39, 0.29) is 0 Å². The van der Waals surface area contributed by atoms with E-state index in [0.717, 1.165) is 30.8 Å². The van der Waals surface area contributed by atoms with Gasteiger partial charge in [-0.1, -0.05) is 25.1 Å². The van der Waals surface area contributed by atoms with Crippen LogP contribution in [0.2, 0.25) is 0 Å². The Hall–Kier alpha value is -2.07. The lowest BCUT2D eigenvalue weighted by molar-refractivity contribution is 0.601. The minimum Gasteiger partial charge on any atom is -0.464 e. The lowest BCUT2D eigenvalue weighted by Crippen LogP contribution is -2.13. The molecule has 104 valence electrons. The summed E-state index contributed by atoms with van der Waals surface area (Å²) >= 11 is 0. The molecule has 1 N–H and O–H groups in total. The third-order valence-electron chi connectivity index (χ3n) is 3.52. The summed E-state index contributed by atoms with van der Waals surface area (Å²) in [5.41, 5.74) is 4.57. The van der Waals surface area contributed by atoms with Crippen LogP contribution >= 0.6 is 0 Å². The molecule has 1 aromatic carbocycles. The van der Waals surface area contributed by atoms with Gasteiger partial charge >= 0.3 is 0 Å². The number of hydrogen-bond acceptors (Lipinski definition) is 3. The van der Waals surface area contributed by atoms with Gasteiger partial charge in [-0.2, -0.15) is 5.10 Å². The largest absolute Gasteiger partial charge is 0.464 e. The van der Waals surface area contributed by atoms with Gasteiger partial charge in [0.2, 0.25) is 0 Å². The number of aromatic nitrogens is 2. The topological polar surface area (TPSA) is 43.0 Å². The number of furan rings is 1. The van der Waals surface area contributed by atoms with Crippen molar-refractivity contribution >= 4 is 11.0 Å². The summed E-state index contributed by atoms with van der Waals surface area (Å²) in [6, 6.07) is 8.12. The maximum absolute atomic E-state index is 5.54. The van der Waals surface area contributed by atoms with E-state index in [1.54, 1.807) is 0 Å². The maximum Gasteiger partial charge on any atom is 0.134 e.